The van der Waals surface area contributed by atoms with Crippen molar-refractivity contribution in [2.45, 2.75) is 12.8 Å². The molecule has 0 aromatic rings. The summed E-state index contributed by atoms with van der Waals surface area (Å²) < 4.78 is 0. The zero-order valence-electron chi connectivity index (χ0n) is 5.09. The van der Waals surface area contributed by atoms with E-state index in [4.69, 9.17) is 0 Å². The zero-order valence-corrected chi connectivity index (χ0v) is 5.09. The van der Waals surface area contributed by atoms with E-state index in [1.807, 2.05) is 0 Å². The predicted octanol–water partition coefficient (Wildman–Crippen LogP) is -2.12. The number of rotatable bonds is 3. The molecule has 0 radical (unpaired) electrons. The fraction of sp³-hybridized carbons (Fsp3) is 0.750. The van der Waals surface area contributed by atoms with Gasteiger partial charge in [-0.3, -0.25) is 10.1 Å². The summed E-state index contributed by atoms with van der Waals surface area (Å²) in [6, 6.07) is 0. The van der Waals surface area contributed by atoms with Crippen molar-refractivity contribution in [3.8, 4) is 0 Å². The Bertz CT molecular complexity index is 67.1. The second-order valence-corrected chi connectivity index (χ2v) is 1.26. The third kappa shape index (κ3) is 9.37. The first-order valence-corrected chi connectivity index (χ1v) is 2.18. The van der Waals surface area contributed by atoms with Crippen LogP contribution in [0.2, 0.25) is 0 Å². The summed E-state index contributed by atoms with van der Waals surface area (Å²) >= 11 is 0. The van der Waals surface area contributed by atoms with Crippen LogP contribution in [-0.2, 0) is 0 Å². The van der Waals surface area contributed by atoms with Gasteiger partial charge in [-0.15, -0.1) is 0 Å². The van der Waals surface area contributed by atoms with Gasteiger partial charge in [0.1, 0.15) is 0 Å². The molecular weight excluding hydrogens is 101 g/mol. The molecular formula is C4H8LiNO2. The number of nitrogens with zero attached hydrogens (tertiary/aromatic N) is 1. The quantitative estimate of drug-likeness (QED) is 0.180. The van der Waals surface area contributed by atoms with Gasteiger partial charge >= 0.3 is 18.9 Å². The molecule has 3 nitrogen and oxygen atoms in total. The van der Waals surface area contributed by atoms with E-state index >= 15 is 0 Å². The number of hydrogen-bond donors (Lipinski definition) is 0. The maximum absolute atomic E-state index is 9.54. The fourth-order valence-electron chi connectivity index (χ4n) is 0.241. The van der Waals surface area contributed by atoms with Crippen LogP contribution in [0.1, 0.15) is 12.8 Å². The van der Waals surface area contributed by atoms with E-state index in [9.17, 15) is 10.1 Å². The maximum atomic E-state index is 9.54. The Kier molecular flexibility index (Phi) is 9.52. The summed E-state index contributed by atoms with van der Waals surface area (Å²) in [6.45, 7) is 3.51. The van der Waals surface area contributed by atoms with Crippen molar-refractivity contribution in [3.63, 3.8) is 0 Å². The summed E-state index contributed by atoms with van der Waals surface area (Å²) in [5.41, 5.74) is 0. The Morgan fingerprint density at radius 2 is 2.12 bits per heavy atom. The Labute approximate surface area is 60.8 Å². The van der Waals surface area contributed by atoms with Crippen LogP contribution >= 0.6 is 0 Å². The van der Waals surface area contributed by atoms with Gasteiger partial charge in [-0.1, -0.05) is 0 Å². The summed E-state index contributed by atoms with van der Waals surface area (Å²) in [5, 5.41) is 9.54. The van der Waals surface area contributed by atoms with Crippen molar-refractivity contribution in [1.82, 2.24) is 0 Å². The first-order valence-electron chi connectivity index (χ1n) is 2.18. The summed E-state index contributed by atoms with van der Waals surface area (Å²) in [6.07, 6.45) is 1.24. The molecule has 0 fully saturated rings. The van der Waals surface area contributed by atoms with Gasteiger partial charge in [0.05, 0.1) is 0 Å². The van der Waals surface area contributed by atoms with Crippen molar-refractivity contribution in [1.29, 1.82) is 0 Å². The Morgan fingerprint density at radius 1 is 1.62 bits per heavy atom. The van der Waals surface area contributed by atoms with Crippen molar-refractivity contribution in [3.05, 3.63) is 17.0 Å². The van der Waals surface area contributed by atoms with Crippen LogP contribution in [0.25, 0.3) is 0 Å². The molecule has 0 heterocycles. The van der Waals surface area contributed by atoms with Crippen LogP contribution in [0.5, 0.6) is 0 Å². The summed E-state index contributed by atoms with van der Waals surface area (Å²) in [5.74, 6) is 0. The Morgan fingerprint density at radius 3 is 2.25 bits per heavy atom. The summed E-state index contributed by atoms with van der Waals surface area (Å²) in [4.78, 5) is 9.21. The molecule has 8 heavy (non-hydrogen) atoms. The number of nitro groups is 1. The average molecular weight is 109 g/mol. The third-order valence-electron chi connectivity index (χ3n) is 0.591. The molecule has 0 aliphatic heterocycles. The van der Waals surface area contributed by atoms with E-state index in [0.29, 0.717) is 12.8 Å². The van der Waals surface area contributed by atoms with E-state index < -0.39 is 0 Å². The van der Waals surface area contributed by atoms with Crippen LogP contribution in [0.3, 0.4) is 0 Å². The van der Waals surface area contributed by atoms with E-state index in [1.165, 1.54) is 0 Å². The van der Waals surface area contributed by atoms with Crippen LogP contribution in [0, 0.1) is 17.0 Å². The molecule has 0 atom stereocenters. The van der Waals surface area contributed by atoms with Crippen molar-refractivity contribution in [2.24, 2.45) is 0 Å². The molecule has 0 unspecified atom stereocenters. The van der Waals surface area contributed by atoms with Crippen LogP contribution < -0.4 is 18.9 Å². The Hall–Kier alpha value is -0.00260. The molecule has 0 saturated heterocycles. The van der Waals surface area contributed by atoms with Gasteiger partial charge in [0.2, 0.25) is 6.54 Å². The monoisotopic (exact) mass is 109 g/mol. The van der Waals surface area contributed by atoms with E-state index in [2.05, 4.69) is 6.92 Å². The standard InChI is InChI=1S/C4H8NO2.Li/c1-2-3-4-5(6)7;/h1-4H2;/q-1;+1. The molecule has 4 heteroatoms. The molecule has 0 spiro atoms. The largest absolute Gasteiger partial charge is 1.00 e. The molecule has 0 rings (SSSR count). The molecule has 0 bridgehead atoms. The molecule has 0 aromatic carbocycles. The SMILES string of the molecule is [CH2-]CCC[N+](=O)[O-].[Li+]. The number of hydrogen-bond acceptors (Lipinski definition) is 2. The van der Waals surface area contributed by atoms with Gasteiger partial charge in [-0.25, -0.2) is 0 Å². The maximum Gasteiger partial charge on any atom is 1.00 e. The normalized spacial score (nSPS) is 7.62. The molecule has 42 valence electrons. The van der Waals surface area contributed by atoms with Gasteiger partial charge in [0, 0.05) is 4.92 Å². The number of unbranched alkanes of at least 4 members (excludes halogenated alkanes) is 1. The van der Waals surface area contributed by atoms with Crippen LogP contribution in [0.4, 0.5) is 0 Å². The Balaban J connectivity index is 0. The van der Waals surface area contributed by atoms with Gasteiger partial charge in [-0.2, -0.15) is 6.42 Å². The van der Waals surface area contributed by atoms with E-state index in [1.54, 1.807) is 0 Å². The third-order valence-corrected chi connectivity index (χ3v) is 0.591. The molecule has 0 aliphatic carbocycles. The van der Waals surface area contributed by atoms with Gasteiger partial charge in [0.25, 0.3) is 0 Å². The average Bonchev–Trinajstić information content (AvgIpc) is 1.61. The van der Waals surface area contributed by atoms with Crippen molar-refractivity contribution >= 4 is 0 Å². The fourth-order valence-corrected chi connectivity index (χ4v) is 0.241. The van der Waals surface area contributed by atoms with Gasteiger partial charge in [-0.05, 0) is 6.42 Å². The molecule has 0 aliphatic rings. The molecule has 0 saturated carbocycles. The van der Waals surface area contributed by atoms with Crippen LogP contribution in [-0.4, -0.2) is 11.5 Å². The molecule has 0 N–H and O–H groups in total. The molecule has 0 aromatic heterocycles. The smallest absolute Gasteiger partial charge is 0.343 e. The van der Waals surface area contributed by atoms with Gasteiger partial charge < -0.3 is 6.92 Å². The second-order valence-electron chi connectivity index (χ2n) is 1.26. The minimum Gasteiger partial charge on any atom is -0.343 e. The minimum atomic E-state index is -0.328. The van der Waals surface area contributed by atoms with E-state index in [-0.39, 0.29) is 30.3 Å². The second kappa shape index (κ2) is 7.00. The van der Waals surface area contributed by atoms with Crippen molar-refractivity contribution in [2.75, 3.05) is 6.54 Å². The first-order chi connectivity index (χ1) is 3.27. The van der Waals surface area contributed by atoms with Crippen LogP contribution in [0.15, 0.2) is 0 Å². The minimum absolute atomic E-state index is 0. The summed E-state index contributed by atoms with van der Waals surface area (Å²) in [7, 11) is 0. The topological polar surface area (TPSA) is 43.1 Å². The van der Waals surface area contributed by atoms with E-state index in [0.717, 1.165) is 0 Å². The first kappa shape index (κ1) is 10.9. The van der Waals surface area contributed by atoms with Gasteiger partial charge in [0.15, 0.2) is 0 Å². The predicted molar refractivity (Wildman–Crippen MR) is 26.5 cm³/mol. The zero-order chi connectivity index (χ0) is 5.70. The molecule has 0 amide bonds. The van der Waals surface area contributed by atoms with Crippen molar-refractivity contribution < 1.29 is 23.8 Å².